The second-order valence-electron chi connectivity index (χ2n) is 4.01. The molecule has 0 aliphatic rings. The van der Waals surface area contributed by atoms with Gasteiger partial charge in [-0.25, -0.2) is 4.79 Å². The maximum absolute atomic E-state index is 10.9. The number of aromatic nitrogens is 3. The van der Waals surface area contributed by atoms with Gasteiger partial charge >= 0.3 is 12.0 Å². The van der Waals surface area contributed by atoms with E-state index >= 15 is 0 Å². The minimum atomic E-state index is -1.08. The highest BCUT2D eigenvalue weighted by molar-refractivity contribution is 5.85. The van der Waals surface area contributed by atoms with E-state index in [1.165, 1.54) is 6.20 Å². The highest BCUT2D eigenvalue weighted by Crippen LogP contribution is 2.23. The van der Waals surface area contributed by atoms with Crippen molar-refractivity contribution in [3.05, 3.63) is 36.4 Å². The molecular formula is C12H13N3O3. The van der Waals surface area contributed by atoms with Crippen molar-refractivity contribution in [1.29, 1.82) is 0 Å². The number of carboxylic acid groups (broad SMARTS) is 1. The maximum atomic E-state index is 10.9. The summed E-state index contributed by atoms with van der Waals surface area (Å²) in [5.74, 6) is -0.563. The van der Waals surface area contributed by atoms with E-state index in [0.717, 1.165) is 0 Å². The quantitative estimate of drug-likeness (QED) is 0.897. The van der Waals surface area contributed by atoms with Gasteiger partial charge in [-0.2, -0.15) is 4.98 Å². The van der Waals surface area contributed by atoms with Crippen molar-refractivity contribution in [2.75, 3.05) is 0 Å². The Morgan fingerprint density at radius 2 is 2.28 bits per heavy atom. The minimum Gasteiger partial charge on any atom is -0.476 e. The van der Waals surface area contributed by atoms with Gasteiger partial charge in [-0.1, -0.05) is 0 Å². The molecule has 1 N–H and O–H groups in total. The molecular weight excluding hydrogens is 234 g/mol. The topological polar surface area (TPSA) is 77.2 Å². The predicted molar refractivity (Wildman–Crippen MR) is 63.9 cm³/mol. The second kappa shape index (κ2) is 4.87. The summed E-state index contributed by atoms with van der Waals surface area (Å²) in [5, 5.41) is 8.93. The molecule has 6 heteroatoms. The van der Waals surface area contributed by atoms with Crippen LogP contribution < -0.4 is 4.74 Å². The molecule has 0 radical (unpaired) electrons. The van der Waals surface area contributed by atoms with E-state index in [2.05, 4.69) is 9.97 Å². The van der Waals surface area contributed by atoms with E-state index in [0.29, 0.717) is 5.75 Å². The van der Waals surface area contributed by atoms with Gasteiger partial charge in [-0.3, -0.25) is 9.55 Å². The Kier molecular flexibility index (Phi) is 3.27. The molecule has 0 saturated heterocycles. The smallest absolute Gasteiger partial charge is 0.356 e. The molecule has 2 aromatic rings. The van der Waals surface area contributed by atoms with E-state index in [1.54, 1.807) is 29.1 Å². The lowest BCUT2D eigenvalue weighted by atomic mass is 10.4. The van der Waals surface area contributed by atoms with Crippen molar-refractivity contribution in [2.24, 2.45) is 0 Å². The largest absolute Gasteiger partial charge is 0.476 e. The molecule has 0 unspecified atom stereocenters. The van der Waals surface area contributed by atoms with Crippen molar-refractivity contribution in [2.45, 2.75) is 19.9 Å². The summed E-state index contributed by atoms with van der Waals surface area (Å²) in [6.07, 6.45) is 4.63. The van der Waals surface area contributed by atoms with E-state index < -0.39 is 5.97 Å². The van der Waals surface area contributed by atoms with Crippen LogP contribution in [0.3, 0.4) is 0 Å². The number of carboxylic acids is 1. The molecule has 0 aromatic carbocycles. The molecule has 0 fully saturated rings. The summed E-state index contributed by atoms with van der Waals surface area (Å²) in [5.41, 5.74) is -0.0393. The SMILES string of the molecule is CC(C)n1cc(C(=O)O)nc1Oc1cccnc1. The number of pyridine rings is 1. The number of imidazole rings is 1. The van der Waals surface area contributed by atoms with Crippen LogP contribution in [-0.4, -0.2) is 25.6 Å². The molecule has 0 aliphatic carbocycles. The van der Waals surface area contributed by atoms with Gasteiger partial charge in [0.1, 0.15) is 5.75 Å². The molecule has 0 aliphatic heterocycles. The van der Waals surface area contributed by atoms with Gasteiger partial charge in [-0.15, -0.1) is 0 Å². The lowest BCUT2D eigenvalue weighted by molar-refractivity contribution is 0.0690. The van der Waals surface area contributed by atoms with Crippen LogP contribution in [0.25, 0.3) is 0 Å². The third-order valence-corrected chi connectivity index (χ3v) is 2.32. The van der Waals surface area contributed by atoms with Gasteiger partial charge in [0.25, 0.3) is 0 Å². The molecule has 0 amide bonds. The predicted octanol–water partition coefficient (Wildman–Crippen LogP) is 2.35. The highest BCUT2D eigenvalue weighted by atomic mass is 16.5. The van der Waals surface area contributed by atoms with Crippen LogP contribution in [0.4, 0.5) is 0 Å². The van der Waals surface area contributed by atoms with Crippen LogP contribution in [0.2, 0.25) is 0 Å². The summed E-state index contributed by atoms with van der Waals surface area (Å²) in [6.45, 7) is 3.84. The first kappa shape index (κ1) is 12.1. The molecule has 0 bridgehead atoms. The number of rotatable bonds is 4. The standard InChI is InChI=1S/C12H13N3O3/c1-8(2)15-7-10(11(16)17)14-12(15)18-9-4-3-5-13-6-9/h3-8H,1-2H3,(H,16,17). The second-order valence-corrected chi connectivity index (χ2v) is 4.01. The first-order chi connectivity index (χ1) is 8.58. The number of hydrogen-bond acceptors (Lipinski definition) is 4. The van der Waals surface area contributed by atoms with Gasteiger partial charge in [-0.05, 0) is 26.0 Å². The van der Waals surface area contributed by atoms with E-state index in [1.807, 2.05) is 13.8 Å². The van der Waals surface area contributed by atoms with Crippen molar-refractivity contribution >= 4 is 5.97 Å². The molecule has 2 rings (SSSR count). The van der Waals surface area contributed by atoms with Crippen molar-refractivity contribution in [3.8, 4) is 11.8 Å². The molecule has 0 saturated carbocycles. The van der Waals surface area contributed by atoms with Crippen LogP contribution in [0, 0.1) is 0 Å². The molecule has 2 aromatic heterocycles. The Morgan fingerprint density at radius 1 is 1.50 bits per heavy atom. The van der Waals surface area contributed by atoms with Crippen LogP contribution in [0.15, 0.2) is 30.7 Å². The van der Waals surface area contributed by atoms with Gasteiger partial charge < -0.3 is 9.84 Å². The van der Waals surface area contributed by atoms with Gasteiger partial charge in [0, 0.05) is 18.4 Å². The van der Waals surface area contributed by atoms with Gasteiger partial charge in [0.15, 0.2) is 5.69 Å². The summed E-state index contributed by atoms with van der Waals surface area (Å²) in [4.78, 5) is 18.8. The number of nitrogens with zero attached hydrogens (tertiary/aromatic N) is 3. The number of hydrogen-bond donors (Lipinski definition) is 1. The number of ether oxygens (including phenoxy) is 1. The third kappa shape index (κ3) is 2.48. The Bertz CT molecular complexity index is 549. The molecule has 0 atom stereocenters. The van der Waals surface area contributed by atoms with Crippen LogP contribution in [-0.2, 0) is 0 Å². The lowest BCUT2D eigenvalue weighted by Crippen LogP contribution is -2.02. The summed E-state index contributed by atoms with van der Waals surface area (Å²) in [6, 6.07) is 3.76. The first-order valence-corrected chi connectivity index (χ1v) is 5.48. The fraction of sp³-hybridized carbons (Fsp3) is 0.250. The van der Waals surface area contributed by atoms with Crippen molar-refractivity contribution in [3.63, 3.8) is 0 Å². The Morgan fingerprint density at radius 3 is 2.83 bits per heavy atom. The van der Waals surface area contributed by atoms with Crippen LogP contribution in [0.1, 0.15) is 30.4 Å². The highest BCUT2D eigenvalue weighted by Gasteiger charge is 2.16. The zero-order valence-corrected chi connectivity index (χ0v) is 10.1. The van der Waals surface area contributed by atoms with E-state index in [-0.39, 0.29) is 17.7 Å². The summed E-state index contributed by atoms with van der Waals surface area (Å²) >= 11 is 0. The average Bonchev–Trinajstić information content (AvgIpc) is 2.74. The normalized spacial score (nSPS) is 10.6. The number of aromatic carboxylic acids is 1. The Hall–Kier alpha value is -2.37. The van der Waals surface area contributed by atoms with Crippen molar-refractivity contribution in [1.82, 2.24) is 14.5 Å². The number of carbonyl (C=O) groups is 1. The van der Waals surface area contributed by atoms with E-state index in [9.17, 15) is 4.79 Å². The fourth-order valence-electron chi connectivity index (χ4n) is 1.44. The molecule has 0 spiro atoms. The lowest BCUT2D eigenvalue weighted by Gasteiger charge is -2.10. The van der Waals surface area contributed by atoms with Crippen LogP contribution in [0.5, 0.6) is 11.8 Å². The zero-order chi connectivity index (χ0) is 13.1. The average molecular weight is 247 g/mol. The molecule has 2 heterocycles. The Labute approximate surface area is 104 Å². The molecule has 6 nitrogen and oxygen atoms in total. The maximum Gasteiger partial charge on any atom is 0.356 e. The summed E-state index contributed by atoms with van der Waals surface area (Å²) in [7, 11) is 0. The van der Waals surface area contributed by atoms with Crippen LogP contribution >= 0.6 is 0 Å². The van der Waals surface area contributed by atoms with E-state index in [4.69, 9.17) is 9.84 Å². The third-order valence-electron chi connectivity index (χ3n) is 2.32. The first-order valence-electron chi connectivity index (χ1n) is 5.48. The molecule has 18 heavy (non-hydrogen) atoms. The fourth-order valence-corrected chi connectivity index (χ4v) is 1.44. The Balaban J connectivity index is 2.34. The van der Waals surface area contributed by atoms with Gasteiger partial charge in [0.05, 0.1) is 6.20 Å². The minimum absolute atomic E-state index is 0.0393. The summed E-state index contributed by atoms with van der Waals surface area (Å²) < 4.78 is 7.19. The van der Waals surface area contributed by atoms with Gasteiger partial charge in [0.2, 0.25) is 0 Å². The van der Waals surface area contributed by atoms with Crippen molar-refractivity contribution < 1.29 is 14.6 Å². The molecule has 94 valence electrons. The zero-order valence-electron chi connectivity index (χ0n) is 10.1. The monoisotopic (exact) mass is 247 g/mol.